The van der Waals surface area contributed by atoms with E-state index in [0.29, 0.717) is 18.7 Å². The smallest absolute Gasteiger partial charge is 0.252 e. The highest BCUT2D eigenvalue weighted by atomic mass is 35.7. The predicted octanol–water partition coefficient (Wildman–Crippen LogP) is 1.40. The summed E-state index contributed by atoms with van der Waals surface area (Å²) in [5.74, 6) is 0. The van der Waals surface area contributed by atoms with Crippen molar-refractivity contribution >= 4 is 19.7 Å². The number of nitriles is 1. The molecule has 15 heavy (non-hydrogen) atoms. The number of aromatic nitrogens is 2. The van der Waals surface area contributed by atoms with Gasteiger partial charge in [-0.25, -0.2) is 8.42 Å². The quantitative estimate of drug-likeness (QED) is 0.757. The van der Waals surface area contributed by atoms with Crippen LogP contribution in [0.5, 0.6) is 0 Å². The van der Waals surface area contributed by atoms with Crippen molar-refractivity contribution in [1.82, 2.24) is 9.78 Å². The van der Waals surface area contributed by atoms with E-state index in [-0.39, 0.29) is 10.6 Å². The fourth-order valence-corrected chi connectivity index (χ4v) is 2.59. The van der Waals surface area contributed by atoms with Crippen LogP contribution in [0.2, 0.25) is 0 Å². The molecule has 0 saturated heterocycles. The van der Waals surface area contributed by atoms with Crippen LogP contribution in [-0.4, -0.2) is 18.2 Å². The predicted molar refractivity (Wildman–Crippen MR) is 55.0 cm³/mol. The highest BCUT2D eigenvalue weighted by Gasteiger charge is 2.24. The molecule has 7 heteroatoms. The van der Waals surface area contributed by atoms with Crippen LogP contribution in [0.1, 0.15) is 24.6 Å². The maximum absolute atomic E-state index is 11.3. The van der Waals surface area contributed by atoms with E-state index < -0.39 is 9.05 Å². The lowest BCUT2D eigenvalue weighted by atomic mass is 10.3. The first-order valence-corrected chi connectivity index (χ1v) is 6.65. The lowest BCUT2D eigenvalue weighted by Gasteiger charge is -2.01. The zero-order valence-electron chi connectivity index (χ0n) is 8.36. The molecule has 0 unspecified atom stereocenters. The molecule has 0 bridgehead atoms. The Bertz CT molecular complexity index is 513. The van der Waals surface area contributed by atoms with Gasteiger partial charge < -0.3 is 0 Å². The summed E-state index contributed by atoms with van der Waals surface area (Å²) in [5.41, 5.74) is 0.406. The molecule has 0 aliphatic heterocycles. The monoisotopic (exact) mass is 247 g/mol. The van der Waals surface area contributed by atoms with Gasteiger partial charge in [-0.3, -0.25) is 4.68 Å². The van der Waals surface area contributed by atoms with Gasteiger partial charge in [-0.05, 0) is 13.3 Å². The van der Waals surface area contributed by atoms with Gasteiger partial charge in [-0.1, -0.05) is 6.92 Å². The Kier molecular flexibility index (Phi) is 3.37. The van der Waals surface area contributed by atoms with Gasteiger partial charge in [0.1, 0.15) is 11.6 Å². The Labute approximate surface area is 92.7 Å². The van der Waals surface area contributed by atoms with Gasteiger partial charge in [0.2, 0.25) is 0 Å². The normalized spacial score (nSPS) is 11.3. The van der Waals surface area contributed by atoms with Crippen LogP contribution >= 0.6 is 10.7 Å². The molecule has 1 heterocycles. The zero-order valence-corrected chi connectivity index (χ0v) is 9.93. The van der Waals surface area contributed by atoms with Crippen LogP contribution in [0, 0.1) is 18.3 Å². The summed E-state index contributed by atoms with van der Waals surface area (Å²) >= 11 is 0. The number of hydrogen-bond acceptors (Lipinski definition) is 4. The second-order valence-corrected chi connectivity index (χ2v) is 5.52. The highest BCUT2D eigenvalue weighted by molar-refractivity contribution is 8.13. The Morgan fingerprint density at radius 1 is 1.60 bits per heavy atom. The lowest BCUT2D eigenvalue weighted by molar-refractivity contribution is 0.534. The zero-order chi connectivity index (χ0) is 11.6. The minimum Gasteiger partial charge on any atom is -0.252 e. The molecule has 0 atom stereocenters. The summed E-state index contributed by atoms with van der Waals surface area (Å²) in [6.45, 7) is 3.88. The topological polar surface area (TPSA) is 75.8 Å². The fraction of sp³-hybridized carbons (Fsp3) is 0.500. The molecule has 1 aromatic rings. The summed E-state index contributed by atoms with van der Waals surface area (Å²) in [5, 5.41) is 12.6. The minimum atomic E-state index is -3.93. The Morgan fingerprint density at radius 2 is 2.20 bits per heavy atom. The molecule has 0 aliphatic rings. The number of hydrogen-bond donors (Lipinski definition) is 0. The van der Waals surface area contributed by atoms with E-state index in [1.807, 2.05) is 6.92 Å². The van der Waals surface area contributed by atoms with Crippen molar-refractivity contribution in [3.8, 4) is 6.07 Å². The molecule has 0 spiro atoms. The standard InChI is InChI=1S/C8H10ClN3O2S/c1-3-4-12-8(15(9,13)14)7(5-10)6(2)11-12/h3-4H2,1-2H3. The first-order valence-electron chi connectivity index (χ1n) is 4.34. The van der Waals surface area contributed by atoms with Gasteiger partial charge in [0, 0.05) is 17.2 Å². The lowest BCUT2D eigenvalue weighted by Crippen LogP contribution is -2.07. The van der Waals surface area contributed by atoms with Gasteiger partial charge in [0.25, 0.3) is 9.05 Å². The third-order valence-corrected chi connectivity index (χ3v) is 3.17. The van der Waals surface area contributed by atoms with Gasteiger partial charge in [-0.15, -0.1) is 0 Å². The summed E-state index contributed by atoms with van der Waals surface area (Å²) < 4.78 is 23.8. The van der Waals surface area contributed by atoms with Crippen molar-refractivity contribution in [2.75, 3.05) is 0 Å². The van der Waals surface area contributed by atoms with E-state index in [1.54, 1.807) is 13.0 Å². The van der Waals surface area contributed by atoms with E-state index in [0.717, 1.165) is 0 Å². The number of halogens is 1. The molecule has 0 fully saturated rings. The van der Waals surface area contributed by atoms with Gasteiger partial charge >= 0.3 is 0 Å². The number of nitrogens with zero attached hydrogens (tertiary/aromatic N) is 3. The third-order valence-electron chi connectivity index (χ3n) is 1.86. The second kappa shape index (κ2) is 4.21. The van der Waals surface area contributed by atoms with Crippen molar-refractivity contribution in [3.63, 3.8) is 0 Å². The van der Waals surface area contributed by atoms with Crippen LogP contribution in [0.3, 0.4) is 0 Å². The molecule has 0 saturated carbocycles. The molecular formula is C8H10ClN3O2S. The van der Waals surface area contributed by atoms with Crippen LogP contribution in [0.25, 0.3) is 0 Å². The van der Waals surface area contributed by atoms with Crippen molar-refractivity contribution < 1.29 is 8.42 Å². The Hall–Kier alpha value is -1.06. The minimum absolute atomic E-state index is 0.0263. The number of aryl methyl sites for hydroxylation is 2. The Balaban J connectivity index is 3.51. The van der Waals surface area contributed by atoms with Crippen molar-refractivity contribution in [2.24, 2.45) is 0 Å². The van der Waals surface area contributed by atoms with E-state index in [2.05, 4.69) is 5.10 Å². The van der Waals surface area contributed by atoms with Crippen molar-refractivity contribution in [1.29, 1.82) is 5.26 Å². The largest absolute Gasteiger partial charge is 0.279 e. The molecule has 0 radical (unpaired) electrons. The van der Waals surface area contributed by atoms with Crippen molar-refractivity contribution in [2.45, 2.75) is 31.8 Å². The maximum Gasteiger partial charge on any atom is 0.279 e. The van der Waals surface area contributed by atoms with E-state index in [1.165, 1.54) is 4.68 Å². The molecule has 82 valence electrons. The van der Waals surface area contributed by atoms with Crippen LogP contribution in [0.15, 0.2) is 5.03 Å². The maximum atomic E-state index is 11.3. The first-order chi connectivity index (χ1) is 6.91. The summed E-state index contributed by atoms with van der Waals surface area (Å²) in [4.78, 5) is 0. The van der Waals surface area contributed by atoms with E-state index in [9.17, 15) is 8.42 Å². The fourth-order valence-electron chi connectivity index (χ4n) is 1.30. The summed E-state index contributed by atoms with van der Waals surface area (Å²) in [7, 11) is 1.33. The average Bonchev–Trinajstić information content (AvgIpc) is 2.41. The van der Waals surface area contributed by atoms with E-state index in [4.69, 9.17) is 15.9 Å². The molecule has 0 N–H and O–H groups in total. The molecular weight excluding hydrogens is 238 g/mol. The molecule has 1 rings (SSSR count). The van der Waals surface area contributed by atoms with Crippen LogP contribution in [0.4, 0.5) is 0 Å². The highest BCUT2D eigenvalue weighted by Crippen LogP contribution is 2.22. The van der Waals surface area contributed by atoms with Crippen LogP contribution in [-0.2, 0) is 15.6 Å². The van der Waals surface area contributed by atoms with Gasteiger partial charge in [0.15, 0.2) is 5.03 Å². The summed E-state index contributed by atoms with van der Waals surface area (Å²) in [6, 6.07) is 1.80. The molecule has 5 nitrogen and oxygen atoms in total. The van der Waals surface area contributed by atoms with Gasteiger partial charge in [-0.2, -0.15) is 10.4 Å². The van der Waals surface area contributed by atoms with Crippen molar-refractivity contribution in [3.05, 3.63) is 11.3 Å². The summed E-state index contributed by atoms with van der Waals surface area (Å²) in [6.07, 6.45) is 0.714. The number of rotatable bonds is 3. The second-order valence-electron chi connectivity index (χ2n) is 3.04. The molecule has 0 amide bonds. The molecule has 0 aromatic carbocycles. The molecule has 1 aromatic heterocycles. The Morgan fingerprint density at radius 3 is 2.60 bits per heavy atom. The first kappa shape index (κ1) is 12.0. The van der Waals surface area contributed by atoms with E-state index >= 15 is 0 Å². The average molecular weight is 248 g/mol. The molecule has 0 aliphatic carbocycles. The van der Waals surface area contributed by atoms with Gasteiger partial charge in [0.05, 0.1) is 5.69 Å². The SMILES string of the molecule is CCCn1nc(C)c(C#N)c1S(=O)(=O)Cl. The van der Waals surface area contributed by atoms with Crippen LogP contribution < -0.4 is 0 Å². The third kappa shape index (κ3) is 2.30.